The quantitative estimate of drug-likeness (QED) is 0.662. The van der Waals surface area contributed by atoms with Gasteiger partial charge in [0.1, 0.15) is 12.7 Å². The molecule has 2 aliphatic heterocycles. The van der Waals surface area contributed by atoms with E-state index >= 15 is 0 Å². The number of aryl methyl sites for hydroxylation is 1. The average Bonchev–Trinajstić information content (AvgIpc) is 2.78. The van der Waals surface area contributed by atoms with Gasteiger partial charge in [-0.2, -0.15) is 4.98 Å². The highest BCUT2D eigenvalue weighted by Gasteiger charge is 2.21. The zero-order valence-corrected chi connectivity index (χ0v) is 17.8. The molecule has 2 aliphatic rings. The molecule has 2 aromatic rings. The van der Waals surface area contributed by atoms with Gasteiger partial charge in [0.25, 0.3) is 0 Å². The van der Waals surface area contributed by atoms with Gasteiger partial charge < -0.3 is 18.9 Å². The molecule has 7 heteroatoms. The van der Waals surface area contributed by atoms with Crippen molar-refractivity contribution in [3.63, 3.8) is 0 Å². The molecule has 4 rings (SSSR count). The monoisotopic (exact) mass is 414 g/mol. The molecule has 2 atom stereocenters. The fourth-order valence-electron chi connectivity index (χ4n) is 3.73. The molecule has 7 nitrogen and oxygen atoms in total. The van der Waals surface area contributed by atoms with Gasteiger partial charge >= 0.3 is 5.69 Å². The number of nitrogens with zero attached hydrogens (tertiary/aromatic N) is 2. The van der Waals surface area contributed by atoms with E-state index in [1.165, 1.54) is 5.56 Å². The molecule has 0 N–H and O–H groups in total. The average molecular weight is 415 g/mol. The molecule has 1 unspecified atom stereocenters. The summed E-state index contributed by atoms with van der Waals surface area (Å²) in [6.07, 6.45) is 1.79. The van der Waals surface area contributed by atoms with E-state index in [2.05, 4.69) is 37.0 Å². The molecular weight excluding hydrogens is 384 g/mol. The van der Waals surface area contributed by atoms with Crippen molar-refractivity contribution in [1.82, 2.24) is 9.55 Å². The summed E-state index contributed by atoms with van der Waals surface area (Å²) in [6, 6.07) is 8.18. The first-order valence-electron chi connectivity index (χ1n) is 10.8. The SMILES string of the molecule is CCC(C)COCc1ccc2c(c1)CCn1c-2cc(OC[C@@H]2COCCO2)nc1=O. The van der Waals surface area contributed by atoms with Crippen molar-refractivity contribution < 1.29 is 18.9 Å². The maximum atomic E-state index is 12.5. The van der Waals surface area contributed by atoms with Crippen LogP contribution in [0, 0.1) is 5.92 Å². The second-order valence-corrected chi connectivity index (χ2v) is 8.06. The smallest absolute Gasteiger partial charge is 0.351 e. The van der Waals surface area contributed by atoms with Crippen LogP contribution in [0.4, 0.5) is 0 Å². The normalized spacial score (nSPS) is 19.1. The minimum Gasteiger partial charge on any atom is -0.475 e. The largest absolute Gasteiger partial charge is 0.475 e. The van der Waals surface area contributed by atoms with E-state index in [4.69, 9.17) is 18.9 Å². The Morgan fingerprint density at radius 3 is 3.00 bits per heavy atom. The number of ether oxygens (including phenoxy) is 4. The van der Waals surface area contributed by atoms with E-state index < -0.39 is 0 Å². The molecule has 0 bridgehead atoms. The van der Waals surface area contributed by atoms with Gasteiger partial charge in [-0.05, 0) is 23.5 Å². The van der Waals surface area contributed by atoms with Crippen LogP contribution in [0.5, 0.6) is 5.88 Å². The van der Waals surface area contributed by atoms with Crippen molar-refractivity contribution >= 4 is 0 Å². The van der Waals surface area contributed by atoms with Gasteiger partial charge in [0.15, 0.2) is 0 Å². The van der Waals surface area contributed by atoms with Crippen LogP contribution in [0.3, 0.4) is 0 Å². The number of benzene rings is 1. The number of aromatic nitrogens is 2. The van der Waals surface area contributed by atoms with Gasteiger partial charge in [-0.1, -0.05) is 38.5 Å². The van der Waals surface area contributed by atoms with E-state index in [0.29, 0.717) is 51.4 Å². The van der Waals surface area contributed by atoms with Crippen LogP contribution in [-0.4, -0.2) is 48.7 Å². The van der Waals surface area contributed by atoms with Crippen LogP contribution in [0.2, 0.25) is 0 Å². The number of rotatable bonds is 8. The number of fused-ring (bicyclic) bond motifs is 3. The zero-order valence-electron chi connectivity index (χ0n) is 17.8. The van der Waals surface area contributed by atoms with E-state index in [9.17, 15) is 4.79 Å². The van der Waals surface area contributed by atoms with Crippen molar-refractivity contribution in [3.05, 3.63) is 45.9 Å². The molecule has 3 heterocycles. The van der Waals surface area contributed by atoms with E-state index in [1.807, 2.05) is 6.07 Å². The number of hydrogen-bond acceptors (Lipinski definition) is 6. The Morgan fingerprint density at radius 2 is 2.20 bits per heavy atom. The van der Waals surface area contributed by atoms with Crippen LogP contribution in [-0.2, 0) is 33.8 Å². The lowest BCUT2D eigenvalue weighted by atomic mass is 9.96. The van der Waals surface area contributed by atoms with Gasteiger partial charge in [0, 0.05) is 24.8 Å². The van der Waals surface area contributed by atoms with Gasteiger partial charge in [-0.25, -0.2) is 4.79 Å². The highest BCUT2D eigenvalue weighted by atomic mass is 16.6. The summed E-state index contributed by atoms with van der Waals surface area (Å²) in [5.74, 6) is 0.895. The highest BCUT2D eigenvalue weighted by molar-refractivity contribution is 5.67. The summed E-state index contributed by atoms with van der Waals surface area (Å²) in [7, 11) is 0. The van der Waals surface area contributed by atoms with E-state index in [1.54, 1.807) is 4.57 Å². The Bertz CT molecular complexity index is 920. The predicted octanol–water partition coefficient (Wildman–Crippen LogP) is 2.82. The van der Waals surface area contributed by atoms with Crippen LogP contribution in [0.15, 0.2) is 29.1 Å². The third-order valence-corrected chi connectivity index (χ3v) is 5.71. The molecule has 1 fully saturated rings. The Kier molecular flexibility index (Phi) is 6.82. The molecule has 0 radical (unpaired) electrons. The van der Waals surface area contributed by atoms with Crippen LogP contribution >= 0.6 is 0 Å². The predicted molar refractivity (Wildman–Crippen MR) is 113 cm³/mol. The fraction of sp³-hybridized carbons (Fsp3) is 0.565. The summed E-state index contributed by atoms with van der Waals surface area (Å²) in [5, 5.41) is 0. The Hall–Kier alpha value is -2.22. The topological polar surface area (TPSA) is 71.8 Å². The maximum absolute atomic E-state index is 12.5. The van der Waals surface area contributed by atoms with Gasteiger partial charge in [0.2, 0.25) is 5.88 Å². The second-order valence-electron chi connectivity index (χ2n) is 8.06. The van der Waals surface area contributed by atoms with Crippen molar-refractivity contribution in [3.8, 4) is 17.1 Å². The third-order valence-electron chi connectivity index (χ3n) is 5.71. The molecule has 1 aromatic heterocycles. The second kappa shape index (κ2) is 9.73. The van der Waals surface area contributed by atoms with Crippen molar-refractivity contribution in [1.29, 1.82) is 0 Å². The summed E-state index contributed by atoms with van der Waals surface area (Å²) < 4.78 is 24.3. The van der Waals surface area contributed by atoms with E-state index in [-0.39, 0.29) is 11.8 Å². The summed E-state index contributed by atoms with van der Waals surface area (Å²) in [4.78, 5) is 16.6. The maximum Gasteiger partial charge on any atom is 0.351 e. The molecule has 162 valence electrons. The number of hydrogen-bond donors (Lipinski definition) is 0. The summed E-state index contributed by atoms with van der Waals surface area (Å²) in [6.45, 7) is 8.35. The molecule has 30 heavy (non-hydrogen) atoms. The van der Waals surface area contributed by atoms with Crippen molar-refractivity contribution in [2.45, 2.75) is 45.9 Å². The molecule has 0 amide bonds. The Morgan fingerprint density at radius 1 is 1.30 bits per heavy atom. The molecule has 1 saturated heterocycles. The fourth-order valence-corrected chi connectivity index (χ4v) is 3.73. The standard InChI is InChI=1S/C23H30N2O5/c1-3-16(2)12-28-13-17-4-5-20-18(10-17)6-7-25-21(20)11-22(24-23(25)26)30-15-19-14-27-8-9-29-19/h4-5,10-11,16,19H,3,6-9,12-15H2,1-2H3/t16?,19-/m0/s1. The van der Waals surface area contributed by atoms with Crippen molar-refractivity contribution in [2.24, 2.45) is 5.92 Å². The highest BCUT2D eigenvalue weighted by Crippen LogP contribution is 2.30. The van der Waals surface area contributed by atoms with Crippen molar-refractivity contribution in [2.75, 3.05) is 33.0 Å². The Labute approximate surface area is 176 Å². The summed E-state index contributed by atoms with van der Waals surface area (Å²) >= 11 is 0. The van der Waals surface area contributed by atoms with Gasteiger partial charge in [-0.3, -0.25) is 4.57 Å². The molecular formula is C23H30N2O5. The Balaban J connectivity index is 1.49. The third kappa shape index (κ3) is 4.91. The first kappa shape index (κ1) is 21.0. The molecule has 1 aromatic carbocycles. The van der Waals surface area contributed by atoms with Crippen LogP contribution < -0.4 is 10.4 Å². The van der Waals surface area contributed by atoms with Crippen LogP contribution in [0.25, 0.3) is 11.3 Å². The lowest BCUT2D eigenvalue weighted by Gasteiger charge is -2.24. The van der Waals surface area contributed by atoms with E-state index in [0.717, 1.165) is 36.3 Å². The lowest BCUT2D eigenvalue weighted by Crippen LogP contribution is -2.34. The van der Waals surface area contributed by atoms with Crippen LogP contribution in [0.1, 0.15) is 31.4 Å². The lowest BCUT2D eigenvalue weighted by molar-refractivity contribution is -0.102. The first-order valence-corrected chi connectivity index (χ1v) is 10.8. The zero-order chi connectivity index (χ0) is 20.9. The van der Waals surface area contributed by atoms with Gasteiger partial charge in [-0.15, -0.1) is 0 Å². The molecule has 0 spiro atoms. The van der Waals surface area contributed by atoms with Gasteiger partial charge in [0.05, 0.1) is 32.1 Å². The summed E-state index contributed by atoms with van der Waals surface area (Å²) in [5.41, 5.74) is 4.00. The molecule has 0 aliphatic carbocycles. The first-order chi connectivity index (χ1) is 14.6. The molecule has 0 saturated carbocycles. The minimum absolute atomic E-state index is 0.135. The minimum atomic E-state index is -0.282.